The van der Waals surface area contributed by atoms with E-state index in [-0.39, 0.29) is 12.9 Å². The molecular weight excluding hydrogens is 378 g/mol. The van der Waals surface area contributed by atoms with Gasteiger partial charge in [0.05, 0.1) is 5.52 Å². The van der Waals surface area contributed by atoms with Crippen LogP contribution in [0.2, 0.25) is 0 Å². The molecule has 0 aliphatic carbocycles. The number of nitrogens with zero attached hydrogens (tertiary/aromatic N) is 2. The van der Waals surface area contributed by atoms with E-state index in [1.165, 1.54) is 0 Å². The summed E-state index contributed by atoms with van der Waals surface area (Å²) in [4.78, 5) is 9.61. The third-order valence-corrected chi connectivity index (χ3v) is 5.09. The van der Waals surface area contributed by atoms with Crippen LogP contribution < -0.4 is 14.8 Å². The molecule has 0 amide bonds. The fraction of sp³-hybridized carbons (Fsp3) is 0.167. The summed E-state index contributed by atoms with van der Waals surface area (Å²) in [6.45, 7) is 0.865. The Morgan fingerprint density at radius 3 is 2.60 bits per heavy atom. The van der Waals surface area contributed by atoms with Gasteiger partial charge in [-0.3, -0.25) is 0 Å². The number of hydrogen-bond donors (Lipinski definition) is 1. The Balaban J connectivity index is 1.49. The summed E-state index contributed by atoms with van der Waals surface area (Å²) in [6, 6.07) is 23.9. The van der Waals surface area contributed by atoms with Gasteiger partial charge in [0.2, 0.25) is 6.79 Å². The van der Waals surface area contributed by atoms with Crippen LogP contribution in [0.4, 0.5) is 5.82 Å². The second kappa shape index (κ2) is 8.00. The Hall–Kier alpha value is -3.64. The maximum atomic E-state index is 5.76. The molecule has 3 aromatic carbocycles. The van der Waals surface area contributed by atoms with Crippen LogP contribution in [-0.4, -0.2) is 23.9 Å². The molecule has 0 saturated heterocycles. The highest BCUT2D eigenvalue weighted by Gasteiger charge is 2.19. The van der Waals surface area contributed by atoms with Crippen molar-refractivity contribution in [2.75, 3.05) is 19.2 Å². The normalized spacial score (nSPS) is 13.4. The Labute approximate surface area is 174 Å². The molecular formula is C24H21N3O3. The zero-order chi connectivity index (χ0) is 20.3. The van der Waals surface area contributed by atoms with E-state index in [4.69, 9.17) is 24.2 Å². The third kappa shape index (κ3) is 3.53. The minimum atomic E-state index is -0.345. The molecule has 1 N–H and O–H groups in total. The van der Waals surface area contributed by atoms with E-state index in [0.717, 1.165) is 39.3 Å². The zero-order valence-corrected chi connectivity index (χ0v) is 16.5. The van der Waals surface area contributed by atoms with E-state index in [9.17, 15) is 0 Å². The summed E-state index contributed by atoms with van der Waals surface area (Å²) in [5.74, 6) is 2.94. The predicted molar refractivity (Wildman–Crippen MR) is 115 cm³/mol. The number of rotatable bonds is 6. The average molecular weight is 399 g/mol. The Morgan fingerprint density at radius 2 is 1.73 bits per heavy atom. The lowest BCUT2D eigenvalue weighted by Crippen LogP contribution is -2.11. The van der Waals surface area contributed by atoms with Gasteiger partial charge in [-0.25, -0.2) is 9.97 Å². The molecule has 2 heterocycles. The first kappa shape index (κ1) is 18.4. The SMILES string of the molecule is COC(c1ccccc1)c1nc(NCc2ccc3c(c2)OCO3)c2ccccc2n1. The fourth-order valence-electron chi connectivity index (χ4n) is 3.60. The van der Waals surface area contributed by atoms with E-state index >= 15 is 0 Å². The molecule has 1 aliphatic rings. The highest BCUT2D eigenvalue weighted by Crippen LogP contribution is 2.33. The molecule has 30 heavy (non-hydrogen) atoms. The number of fused-ring (bicyclic) bond motifs is 2. The lowest BCUT2D eigenvalue weighted by Gasteiger charge is -2.17. The van der Waals surface area contributed by atoms with E-state index in [2.05, 4.69) is 5.32 Å². The number of ether oxygens (including phenoxy) is 3. The lowest BCUT2D eigenvalue weighted by atomic mass is 10.1. The van der Waals surface area contributed by atoms with Crippen molar-refractivity contribution in [3.63, 3.8) is 0 Å². The highest BCUT2D eigenvalue weighted by molar-refractivity contribution is 5.89. The number of para-hydroxylation sites is 1. The second-order valence-electron chi connectivity index (χ2n) is 7.02. The largest absolute Gasteiger partial charge is 0.454 e. The van der Waals surface area contributed by atoms with Crippen molar-refractivity contribution in [2.24, 2.45) is 0 Å². The smallest absolute Gasteiger partial charge is 0.231 e. The van der Waals surface area contributed by atoms with Gasteiger partial charge in [-0.05, 0) is 35.4 Å². The van der Waals surface area contributed by atoms with Crippen LogP contribution in [0.1, 0.15) is 23.1 Å². The first-order chi connectivity index (χ1) is 14.8. The van der Waals surface area contributed by atoms with Crippen molar-refractivity contribution in [3.8, 4) is 11.5 Å². The number of aromatic nitrogens is 2. The van der Waals surface area contributed by atoms with E-state index in [0.29, 0.717) is 12.4 Å². The van der Waals surface area contributed by atoms with Gasteiger partial charge in [0.15, 0.2) is 17.3 Å². The first-order valence-corrected chi connectivity index (χ1v) is 9.78. The summed E-state index contributed by atoms with van der Waals surface area (Å²) >= 11 is 0. The quantitative estimate of drug-likeness (QED) is 0.507. The molecule has 1 aliphatic heterocycles. The van der Waals surface area contributed by atoms with Crippen LogP contribution in [0.5, 0.6) is 11.5 Å². The Bertz CT molecular complexity index is 1180. The highest BCUT2D eigenvalue weighted by atomic mass is 16.7. The van der Waals surface area contributed by atoms with Crippen LogP contribution in [0, 0.1) is 0 Å². The molecule has 0 radical (unpaired) electrons. The van der Waals surface area contributed by atoms with Crippen molar-refractivity contribution in [3.05, 3.63) is 89.7 Å². The van der Waals surface area contributed by atoms with Crippen LogP contribution in [0.3, 0.4) is 0 Å². The number of hydrogen-bond acceptors (Lipinski definition) is 6. The second-order valence-corrected chi connectivity index (χ2v) is 7.02. The average Bonchev–Trinajstić information content (AvgIpc) is 3.27. The minimum Gasteiger partial charge on any atom is -0.454 e. The molecule has 6 heteroatoms. The Kier molecular flexibility index (Phi) is 4.91. The molecule has 0 fully saturated rings. The summed E-state index contributed by atoms with van der Waals surface area (Å²) in [5, 5.41) is 4.43. The van der Waals surface area contributed by atoms with Crippen molar-refractivity contribution >= 4 is 16.7 Å². The minimum absolute atomic E-state index is 0.268. The fourth-order valence-corrected chi connectivity index (χ4v) is 3.60. The van der Waals surface area contributed by atoms with Crippen molar-refractivity contribution in [1.82, 2.24) is 9.97 Å². The number of benzene rings is 3. The van der Waals surface area contributed by atoms with Crippen molar-refractivity contribution in [1.29, 1.82) is 0 Å². The van der Waals surface area contributed by atoms with Crippen molar-refractivity contribution < 1.29 is 14.2 Å². The Morgan fingerprint density at radius 1 is 0.933 bits per heavy atom. The van der Waals surface area contributed by atoms with Gasteiger partial charge < -0.3 is 19.5 Å². The maximum Gasteiger partial charge on any atom is 0.231 e. The van der Waals surface area contributed by atoms with Crippen LogP contribution in [0.25, 0.3) is 10.9 Å². The number of methoxy groups -OCH3 is 1. The monoisotopic (exact) mass is 399 g/mol. The summed E-state index contributed by atoms with van der Waals surface area (Å²) in [5.41, 5.74) is 2.96. The molecule has 0 spiro atoms. The molecule has 150 valence electrons. The molecule has 5 rings (SSSR count). The molecule has 1 unspecified atom stereocenters. The van der Waals surface area contributed by atoms with E-state index in [1.807, 2.05) is 72.8 Å². The van der Waals surface area contributed by atoms with Gasteiger partial charge in [-0.1, -0.05) is 48.5 Å². The summed E-state index contributed by atoms with van der Waals surface area (Å²) in [7, 11) is 1.68. The van der Waals surface area contributed by atoms with Crippen LogP contribution in [0.15, 0.2) is 72.8 Å². The molecule has 1 aromatic heterocycles. The lowest BCUT2D eigenvalue weighted by molar-refractivity contribution is 0.129. The van der Waals surface area contributed by atoms with Gasteiger partial charge in [-0.2, -0.15) is 0 Å². The van der Waals surface area contributed by atoms with E-state index < -0.39 is 0 Å². The van der Waals surface area contributed by atoms with Crippen LogP contribution in [-0.2, 0) is 11.3 Å². The molecule has 1 atom stereocenters. The van der Waals surface area contributed by atoms with Crippen molar-refractivity contribution in [2.45, 2.75) is 12.6 Å². The predicted octanol–water partition coefficient (Wildman–Crippen LogP) is 4.71. The standard InChI is InChI=1S/C24H21N3O3/c1-28-22(17-7-3-2-4-8-17)24-26-19-10-6-5-9-18(19)23(27-24)25-14-16-11-12-20-21(13-16)30-15-29-20/h2-13,22H,14-15H2,1H3,(H,25,26,27). The van der Waals surface area contributed by atoms with Gasteiger partial charge in [0.25, 0.3) is 0 Å². The number of anilines is 1. The molecule has 6 nitrogen and oxygen atoms in total. The molecule has 0 saturated carbocycles. The van der Waals surface area contributed by atoms with E-state index in [1.54, 1.807) is 7.11 Å². The zero-order valence-electron chi connectivity index (χ0n) is 16.5. The third-order valence-electron chi connectivity index (χ3n) is 5.09. The van der Waals surface area contributed by atoms with Gasteiger partial charge in [-0.15, -0.1) is 0 Å². The van der Waals surface area contributed by atoms with Gasteiger partial charge >= 0.3 is 0 Å². The van der Waals surface area contributed by atoms with Gasteiger partial charge in [0.1, 0.15) is 11.9 Å². The molecule has 4 aromatic rings. The van der Waals surface area contributed by atoms with Gasteiger partial charge in [0, 0.05) is 19.0 Å². The van der Waals surface area contributed by atoms with Crippen LogP contribution >= 0.6 is 0 Å². The molecule has 0 bridgehead atoms. The topological polar surface area (TPSA) is 65.5 Å². The summed E-state index contributed by atoms with van der Waals surface area (Å²) in [6.07, 6.45) is -0.345. The summed E-state index contributed by atoms with van der Waals surface area (Å²) < 4.78 is 16.6. The first-order valence-electron chi connectivity index (χ1n) is 9.78. The number of nitrogens with one attached hydrogen (secondary N) is 1. The maximum absolute atomic E-state index is 5.76.